The second kappa shape index (κ2) is 9.08. The largest absolute Gasteiger partial charge is 0.482 e. The predicted octanol–water partition coefficient (Wildman–Crippen LogP) is 3.15. The molecule has 0 saturated carbocycles. The molecule has 0 aliphatic rings. The van der Waals surface area contributed by atoms with Gasteiger partial charge < -0.3 is 19.9 Å². The van der Waals surface area contributed by atoms with Gasteiger partial charge in [0, 0.05) is 10.6 Å². The third-order valence-corrected chi connectivity index (χ3v) is 4.45. The van der Waals surface area contributed by atoms with Crippen LogP contribution in [-0.2, 0) is 20.9 Å². The van der Waals surface area contributed by atoms with Crippen LogP contribution in [0.4, 0.5) is 5.00 Å². The summed E-state index contributed by atoms with van der Waals surface area (Å²) in [6.45, 7) is 1.21. The lowest BCUT2D eigenvalue weighted by Gasteiger charge is -2.08. The SMILES string of the molecule is CCOC(=O)c1sc(N)c(C#N)c1COC(=O)COc1ccc(Cl)cc1. The van der Waals surface area contributed by atoms with Gasteiger partial charge in [-0.05, 0) is 31.2 Å². The van der Waals surface area contributed by atoms with E-state index in [1.165, 1.54) is 0 Å². The van der Waals surface area contributed by atoms with Gasteiger partial charge in [0.1, 0.15) is 28.3 Å². The van der Waals surface area contributed by atoms with Gasteiger partial charge in [0.15, 0.2) is 6.61 Å². The Balaban J connectivity index is 2.01. The summed E-state index contributed by atoms with van der Waals surface area (Å²) in [5.74, 6) is -0.825. The molecule has 136 valence electrons. The van der Waals surface area contributed by atoms with Crippen LogP contribution in [0.1, 0.15) is 27.7 Å². The molecule has 2 N–H and O–H groups in total. The van der Waals surface area contributed by atoms with Crippen molar-refractivity contribution in [2.24, 2.45) is 0 Å². The van der Waals surface area contributed by atoms with Crippen LogP contribution in [-0.4, -0.2) is 25.2 Å². The molecule has 0 atom stereocenters. The highest BCUT2D eigenvalue weighted by Crippen LogP contribution is 2.31. The van der Waals surface area contributed by atoms with E-state index in [1.54, 1.807) is 31.2 Å². The number of carbonyl (C=O) groups is 2. The Morgan fingerprint density at radius 1 is 1.27 bits per heavy atom. The smallest absolute Gasteiger partial charge is 0.348 e. The molecule has 1 heterocycles. The number of halogens is 1. The predicted molar refractivity (Wildman–Crippen MR) is 96.1 cm³/mol. The first kappa shape index (κ1) is 19.6. The van der Waals surface area contributed by atoms with Crippen LogP contribution < -0.4 is 10.5 Å². The molecular formula is C17H15ClN2O5S. The number of carbonyl (C=O) groups excluding carboxylic acids is 2. The Morgan fingerprint density at radius 2 is 1.96 bits per heavy atom. The maximum Gasteiger partial charge on any atom is 0.348 e. The van der Waals surface area contributed by atoms with Crippen molar-refractivity contribution in [3.8, 4) is 11.8 Å². The van der Waals surface area contributed by atoms with Crippen LogP contribution in [0.15, 0.2) is 24.3 Å². The molecule has 2 aromatic rings. The summed E-state index contributed by atoms with van der Waals surface area (Å²) in [4.78, 5) is 24.0. The van der Waals surface area contributed by atoms with Gasteiger partial charge in [-0.25, -0.2) is 9.59 Å². The number of benzene rings is 1. The van der Waals surface area contributed by atoms with Crippen LogP contribution in [0.25, 0.3) is 0 Å². The average molecular weight is 395 g/mol. The van der Waals surface area contributed by atoms with Gasteiger partial charge in [-0.1, -0.05) is 11.6 Å². The van der Waals surface area contributed by atoms with E-state index < -0.39 is 11.9 Å². The molecule has 0 bridgehead atoms. The average Bonchev–Trinajstić information content (AvgIpc) is 2.95. The Bertz CT molecular complexity index is 842. The summed E-state index contributed by atoms with van der Waals surface area (Å²) in [7, 11) is 0. The number of ether oxygens (including phenoxy) is 3. The molecule has 0 saturated heterocycles. The van der Waals surface area contributed by atoms with Crippen molar-refractivity contribution in [1.29, 1.82) is 5.26 Å². The van der Waals surface area contributed by atoms with Crippen molar-refractivity contribution in [2.75, 3.05) is 18.9 Å². The molecule has 0 aliphatic heterocycles. The number of nitrogens with zero attached hydrogens (tertiary/aromatic N) is 1. The quantitative estimate of drug-likeness (QED) is 0.717. The van der Waals surface area contributed by atoms with E-state index in [9.17, 15) is 14.9 Å². The van der Waals surface area contributed by atoms with E-state index in [-0.39, 0.29) is 40.8 Å². The third-order valence-electron chi connectivity index (χ3n) is 3.15. The zero-order chi connectivity index (χ0) is 19.1. The van der Waals surface area contributed by atoms with Crippen LogP contribution in [0.2, 0.25) is 5.02 Å². The highest BCUT2D eigenvalue weighted by Gasteiger charge is 2.23. The van der Waals surface area contributed by atoms with Crippen LogP contribution in [0.3, 0.4) is 0 Å². The number of rotatable bonds is 7. The van der Waals surface area contributed by atoms with E-state index >= 15 is 0 Å². The lowest BCUT2D eigenvalue weighted by Crippen LogP contribution is -2.16. The minimum Gasteiger partial charge on any atom is -0.482 e. The van der Waals surface area contributed by atoms with Gasteiger partial charge >= 0.3 is 11.9 Å². The van der Waals surface area contributed by atoms with Crippen molar-refractivity contribution in [3.05, 3.63) is 45.3 Å². The molecule has 1 aromatic heterocycles. The molecule has 0 amide bonds. The fourth-order valence-corrected chi connectivity index (χ4v) is 3.02. The Hall–Kier alpha value is -2.76. The van der Waals surface area contributed by atoms with E-state index in [2.05, 4.69) is 0 Å². The maximum atomic E-state index is 12.0. The number of esters is 2. The van der Waals surface area contributed by atoms with Crippen molar-refractivity contribution in [2.45, 2.75) is 13.5 Å². The second-order valence-electron chi connectivity index (χ2n) is 4.88. The zero-order valence-electron chi connectivity index (χ0n) is 13.8. The molecule has 7 nitrogen and oxygen atoms in total. The summed E-state index contributed by atoms with van der Waals surface area (Å²) >= 11 is 6.69. The molecule has 9 heteroatoms. The number of anilines is 1. The number of nitrogens with two attached hydrogens (primary N) is 1. The highest BCUT2D eigenvalue weighted by molar-refractivity contribution is 7.18. The Kier molecular flexibility index (Phi) is 6.83. The first-order valence-corrected chi connectivity index (χ1v) is 8.68. The van der Waals surface area contributed by atoms with Gasteiger partial charge in [0.25, 0.3) is 0 Å². The van der Waals surface area contributed by atoms with Crippen molar-refractivity contribution < 1.29 is 23.8 Å². The van der Waals surface area contributed by atoms with Gasteiger partial charge in [-0.2, -0.15) is 5.26 Å². The first-order valence-electron chi connectivity index (χ1n) is 7.48. The molecule has 0 aliphatic carbocycles. The van der Waals surface area contributed by atoms with Crippen LogP contribution in [0, 0.1) is 11.3 Å². The summed E-state index contributed by atoms with van der Waals surface area (Å²) in [6, 6.07) is 8.39. The van der Waals surface area contributed by atoms with Crippen LogP contribution in [0.5, 0.6) is 5.75 Å². The second-order valence-corrected chi connectivity index (χ2v) is 6.37. The van der Waals surface area contributed by atoms with Gasteiger partial charge in [-0.15, -0.1) is 11.3 Å². The van der Waals surface area contributed by atoms with E-state index in [0.29, 0.717) is 10.8 Å². The third kappa shape index (κ3) is 4.88. The molecular weight excluding hydrogens is 380 g/mol. The van der Waals surface area contributed by atoms with Crippen molar-refractivity contribution >= 4 is 39.9 Å². The minimum absolute atomic E-state index is 0.101. The summed E-state index contributed by atoms with van der Waals surface area (Å²) in [6.07, 6.45) is 0. The molecule has 0 unspecified atom stereocenters. The maximum absolute atomic E-state index is 12.0. The molecule has 0 fully saturated rings. The first-order chi connectivity index (χ1) is 12.5. The standard InChI is InChI=1S/C17H15ClN2O5S/c1-2-23-17(22)15-13(12(7-19)16(20)26-15)8-25-14(21)9-24-11-5-3-10(18)4-6-11/h3-6H,2,8-9,20H2,1H3. The van der Waals surface area contributed by atoms with E-state index in [4.69, 9.17) is 31.5 Å². The lowest BCUT2D eigenvalue weighted by molar-refractivity contribution is -0.147. The van der Waals surface area contributed by atoms with E-state index in [1.807, 2.05) is 6.07 Å². The molecule has 0 spiro atoms. The van der Waals surface area contributed by atoms with Crippen molar-refractivity contribution in [3.63, 3.8) is 0 Å². The fourth-order valence-electron chi connectivity index (χ4n) is 1.97. The normalized spacial score (nSPS) is 10.0. The topological polar surface area (TPSA) is 112 Å². The van der Waals surface area contributed by atoms with Crippen LogP contribution >= 0.6 is 22.9 Å². The molecule has 26 heavy (non-hydrogen) atoms. The summed E-state index contributed by atoms with van der Waals surface area (Å²) in [5.41, 5.74) is 6.08. The van der Waals surface area contributed by atoms with Gasteiger partial charge in [0.05, 0.1) is 12.2 Å². The monoisotopic (exact) mass is 394 g/mol. The number of nitriles is 1. The number of nitrogen functional groups attached to an aromatic ring is 1. The number of hydrogen-bond donors (Lipinski definition) is 1. The van der Waals surface area contributed by atoms with Gasteiger partial charge in [0.2, 0.25) is 0 Å². The molecule has 2 rings (SSSR count). The lowest BCUT2D eigenvalue weighted by atomic mass is 10.1. The van der Waals surface area contributed by atoms with Crippen molar-refractivity contribution in [1.82, 2.24) is 0 Å². The summed E-state index contributed by atoms with van der Waals surface area (Å²) in [5, 5.41) is 9.93. The minimum atomic E-state index is -0.663. The zero-order valence-corrected chi connectivity index (χ0v) is 15.4. The van der Waals surface area contributed by atoms with E-state index in [0.717, 1.165) is 11.3 Å². The summed E-state index contributed by atoms with van der Waals surface area (Å²) < 4.78 is 15.3. The molecule has 0 radical (unpaired) electrons. The number of hydrogen-bond acceptors (Lipinski definition) is 8. The molecule has 1 aromatic carbocycles. The fraction of sp³-hybridized carbons (Fsp3) is 0.235. The Morgan fingerprint density at radius 3 is 2.58 bits per heavy atom. The highest BCUT2D eigenvalue weighted by atomic mass is 35.5. The number of thiophene rings is 1. The van der Waals surface area contributed by atoms with Gasteiger partial charge in [-0.3, -0.25) is 0 Å². The Labute approximate surface area is 158 Å².